The van der Waals surface area contributed by atoms with E-state index in [4.69, 9.17) is 28.4 Å². The third kappa shape index (κ3) is 3.38. The van der Waals surface area contributed by atoms with Gasteiger partial charge in [-0.15, -0.1) is 0 Å². The van der Waals surface area contributed by atoms with Crippen LogP contribution in [0.5, 0.6) is 0 Å². The third-order valence-corrected chi connectivity index (χ3v) is 4.28. The van der Waals surface area contributed by atoms with Crippen LogP contribution in [0.3, 0.4) is 0 Å². The van der Waals surface area contributed by atoms with Crippen LogP contribution in [0.4, 0.5) is 17.2 Å². The highest BCUT2D eigenvalue weighted by molar-refractivity contribution is 6.35. The van der Waals surface area contributed by atoms with Gasteiger partial charge in [0.2, 0.25) is 5.43 Å². The van der Waals surface area contributed by atoms with E-state index < -0.39 is 16.4 Å². The molecular weight excluding hydrogens is 381 g/mol. The van der Waals surface area contributed by atoms with Gasteiger partial charge in [-0.2, -0.15) is 0 Å². The zero-order chi connectivity index (χ0) is 19.0. The number of fused-ring (bicyclic) bond motifs is 1. The minimum Gasteiger partial charge on any atom is -0.733 e. The monoisotopic (exact) mass is 392 g/mol. The zero-order valence-electron chi connectivity index (χ0n) is 13.3. The number of nitrogens with one attached hydrogen (secondary N) is 2. The fourth-order valence-corrected chi connectivity index (χ4v) is 2.94. The standard InChI is InChI=1S/C17H12Cl2N3O4/c1-8(23)14-16(24)12-6-11(22(25)26)7-13(19)15(12)21-17(14)20-10-4-2-9(18)3-5-10/h2-7,25H,1H3,(H2,20,21,24)/q-1. The number of ketones is 1. The molecule has 0 saturated heterocycles. The first-order valence-electron chi connectivity index (χ1n) is 7.37. The molecule has 1 aromatic heterocycles. The minimum absolute atomic E-state index is 0.00857. The first-order chi connectivity index (χ1) is 12.3. The van der Waals surface area contributed by atoms with Crippen LogP contribution in [0.2, 0.25) is 10.0 Å². The summed E-state index contributed by atoms with van der Waals surface area (Å²) in [6.45, 7) is 1.25. The highest BCUT2D eigenvalue weighted by atomic mass is 35.5. The summed E-state index contributed by atoms with van der Waals surface area (Å²) in [5, 5.41) is 23.3. The number of H-pyrrole nitrogens is 1. The quantitative estimate of drug-likeness (QED) is 0.446. The highest BCUT2D eigenvalue weighted by Gasteiger charge is 2.18. The van der Waals surface area contributed by atoms with Crippen LogP contribution >= 0.6 is 23.2 Å². The molecule has 0 bridgehead atoms. The van der Waals surface area contributed by atoms with Crippen molar-refractivity contribution in [2.75, 3.05) is 10.5 Å². The summed E-state index contributed by atoms with van der Waals surface area (Å²) < 4.78 is 0. The number of rotatable bonds is 4. The molecule has 0 aliphatic carbocycles. The van der Waals surface area contributed by atoms with E-state index >= 15 is 0 Å². The number of hydrogen-bond donors (Lipinski definition) is 3. The van der Waals surface area contributed by atoms with E-state index in [1.54, 1.807) is 24.3 Å². The number of aromatic amines is 1. The topological polar surface area (TPSA) is 108 Å². The number of Topliss-reactive ketones (excluding diaryl/α,β-unsaturated/α-hetero) is 1. The largest absolute Gasteiger partial charge is 0.733 e. The van der Waals surface area contributed by atoms with Crippen molar-refractivity contribution >= 4 is 57.1 Å². The van der Waals surface area contributed by atoms with Gasteiger partial charge in [0.15, 0.2) is 5.78 Å². The van der Waals surface area contributed by atoms with Crippen LogP contribution in [0.25, 0.3) is 10.9 Å². The van der Waals surface area contributed by atoms with E-state index in [9.17, 15) is 14.8 Å². The summed E-state index contributed by atoms with van der Waals surface area (Å²) in [7, 11) is 0. The molecule has 3 aromatic rings. The lowest BCUT2D eigenvalue weighted by Crippen LogP contribution is -2.18. The van der Waals surface area contributed by atoms with Gasteiger partial charge in [-0.05, 0) is 43.3 Å². The lowest BCUT2D eigenvalue weighted by atomic mass is 10.1. The Morgan fingerprint density at radius 1 is 1.23 bits per heavy atom. The summed E-state index contributed by atoms with van der Waals surface area (Å²) in [5.74, 6) is -0.316. The first kappa shape index (κ1) is 18.2. The van der Waals surface area contributed by atoms with Gasteiger partial charge in [0.1, 0.15) is 11.4 Å². The number of halogens is 2. The maximum absolute atomic E-state index is 12.8. The lowest BCUT2D eigenvalue weighted by molar-refractivity contribution is 0.101. The van der Waals surface area contributed by atoms with E-state index in [-0.39, 0.29) is 33.0 Å². The molecule has 0 atom stereocenters. The van der Waals surface area contributed by atoms with Crippen molar-refractivity contribution in [3.8, 4) is 0 Å². The average Bonchev–Trinajstić information content (AvgIpc) is 2.57. The molecule has 0 amide bonds. The molecule has 9 heteroatoms. The molecule has 0 aliphatic rings. The smallest absolute Gasteiger partial charge is 0.202 e. The van der Waals surface area contributed by atoms with Crippen LogP contribution in [-0.4, -0.2) is 16.0 Å². The molecule has 3 rings (SSSR count). The average molecular weight is 393 g/mol. The van der Waals surface area contributed by atoms with Crippen molar-refractivity contribution in [1.82, 2.24) is 4.98 Å². The van der Waals surface area contributed by atoms with Gasteiger partial charge in [-0.25, -0.2) is 0 Å². The Labute approximate surface area is 157 Å². The molecule has 0 aliphatic heterocycles. The maximum atomic E-state index is 12.8. The van der Waals surface area contributed by atoms with Crippen LogP contribution in [0.15, 0.2) is 41.2 Å². The van der Waals surface area contributed by atoms with E-state index in [1.165, 1.54) is 13.0 Å². The van der Waals surface area contributed by atoms with Crippen LogP contribution in [0.1, 0.15) is 17.3 Å². The van der Waals surface area contributed by atoms with Crippen LogP contribution in [0, 0.1) is 5.21 Å². The summed E-state index contributed by atoms with van der Waals surface area (Å²) in [6, 6.07) is 9.03. The number of nitrogens with zero attached hydrogens (tertiary/aromatic N) is 1. The van der Waals surface area contributed by atoms with E-state index in [0.29, 0.717) is 10.7 Å². The number of aromatic nitrogens is 1. The fourth-order valence-electron chi connectivity index (χ4n) is 2.55. The van der Waals surface area contributed by atoms with Crippen LogP contribution < -0.4 is 16.0 Å². The molecular formula is C17H12Cl2N3O4-. The summed E-state index contributed by atoms with van der Waals surface area (Å²) in [6.07, 6.45) is 0. The predicted molar refractivity (Wildman–Crippen MR) is 102 cm³/mol. The number of carbonyl (C=O) groups excluding carboxylic acids is 1. The summed E-state index contributed by atoms with van der Waals surface area (Å²) in [4.78, 5) is 27.8. The van der Waals surface area contributed by atoms with Gasteiger partial charge in [-0.3, -0.25) is 14.8 Å². The molecule has 2 aromatic carbocycles. The van der Waals surface area contributed by atoms with Gasteiger partial charge < -0.3 is 20.7 Å². The Balaban J connectivity index is 2.25. The van der Waals surface area contributed by atoms with E-state index in [0.717, 1.165) is 6.07 Å². The Bertz CT molecular complexity index is 1060. The van der Waals surface area contributed by atoms with E-state index in [2.05, 4.69) is 10.3 Å². The number of pyridine rings is 1. The SMILES string of the molecule is CC(=O)c1c(Nc2ccc(Cl)cc2)[nH]c2c(Cl)cc(N([O-])O)cc2c1=O. The molecule has 0 spiro atoms. The Morgan fingerprint density at radius 3 is 2.46 bits per heavy atom. The van der Waals surface area contributed by atoms with Crippen molar-refractivity contribution in [2.24, 2.45) is 0 Å². The molecule has 26 heavy (non-hydrogen) atoms. The van der Waals surface area contributed by atoms with E-state index in [1.807, 2.05) is 0 Å². The van der Waals surface area contributed by atoms with Crippen molar-refractivity contribution in [1.29, 1.82) is 0 Å². The van der Waals surface area contributed by atoms with Gasteiger partial charge in [0, 0.05) is 16.1 Å². The van der Waals surface area contributed by atoms with Crippen molar-refractivity contribution < 1.29 is 10.0 Å². The Morgan fingerprint density at radius 2 is 1.88 bits per heavy atom. The fraction of sp³-hybridized carbons (Fsp3) is 0.0588. The number of benzene rings is 2. The molecule has 7 nitrogen and oxygen atoms in total. The Hall–Kier alpha value is -2.58. The molecule has 134 valence electrons. The molecule has 0 unspecified atom stereocenters. The Kier molecular flexibility index (Phi) is 4.88. The predicted octanol–water partition coefficient (Wildman–Crippen LogP) is 4.47. The molecule has 0 radical (unpaired) electrons. The van der Waals surface area contributed by atoms with Gasteiger partial charge in [0.05, 0.1) is 16.2 Å². The second kappa shape index (κ2) is 6.97. The van der Waals surface area contributed by atoms with Crippen LogP contribution in [-0.2, 0) is 0 Å². The van der Waals surface area contributed by atoms with Gasteiger partial charge in [0.25, 0.3) is 0 Å². The van der Waals surface area contributed by atoms with Crippen molar-refractivity contribution in [3.05, 3.63) is 67.4 Å². The van der Waals surface area contributed by atoms with Gasteiger partial charge in [-0.1, -0.05) is 23.2 Å². The normalized spacial score (nSPS) is 10.8. The second-order valence-electron chi connectivity index (χ2n) is 5.52. The van der Waals surface area contributed by atoms with Gasteiger partial charge >= 0.3 is 0 Å². The highest BCUT2D eigenvalue weighted by Crippen LogP contribution is 2.29. The summed E-state index contributed by atoms with van der Waals surface area (Å²) in [5.41, 5.74) is -0.144. The first-order valence-corrected chi connectivity index (χ1v) is 8.12. The third-order valence-electron chi connectivity index (χ3n) is 3.73. The van der Waals surface area contributed by atoms with Crippen molar-refractivity contribution in [3.63, 3.8) is 0 Å². The molecule has 0 saturated carbocycles. The summed E-state index contributed by atoms with van der Waals surface area (Å²) >= 11 is 12.0. The maximum Gasteiger partial charge on any atom is 0.202 e. The number of carbonyl (C=O) groups is 1. The number of hydrogen-bond acceptors (Lipinski definition) is 6. The molecule has 0 fully saturated rings. The van der Waals surface area contributed by atoms with Crippen molar-refractivity contribution in [2.45, 2.75) is 6.92 Å². The lowest BCUT2D eigenvalue weighted by Gasteiger charge is -2.22. The zero-order valence-corrected chi connectivity index (χ0v) is 14.9. The molecule has 1 heterocycles. The molecule has 3 N–H and O–H groups in total. The number of anilines is 3. The second-order valence-corrected chi connectivity index (χ2v) is 6.36. The minimum atomic E-state index is -0.617.